The minimum Gasteiger partial charge on any atom is -0.493 e. The van der Waals surface area contributed by atoms with Crippen LogP contribution in [0.3, 0.4) is 0 Å². The number of amides is 1. The van der Waals surface area contributed by atoms with Gasteiger partial charge >= 0.3 is 6.09 Å². The maximum Gasteiger partial charge on any atom is 0.412 e. The first-order valence-electron chi connectivity index (χ1n) is 3.80. The van der Waals surface area contributed by atoms with Gasteiger partial charge < -0.3 is 14.8 Å². The van der Waals surface area contributed by atoms with E-state index in [1.54, 1.807) is 24.3 Å². The predicted octanol–water partition coefficient (Wildman–Crippen LogP) is 1.84. The molecule has 1 aromatic rings. The van der Waals surface area contributed by atoms with Gasteiger partial charge in [-0.15, -0.1) is 12.4 Å². The van der Waals surface area contributed by atoms with Gasteiger partial charge in [0, 0.05) is 7.05 Å². The highest BCUT2D eigenvalue weighted by Crippen LogP contribution is 2.25. The number of ether oxygens (including phenoxy) is 2. The molecular weight excluding hydrogens is 206 g/mol. The summed E-state index contributed by atoms with van der Waals surface area (Å²) < 4.78 is 9.90. The van der Waals surface area contributed by atoms with E-state index in [-0.39, 0.29) is 12.4 Å². The van der Waals surface area contributed by atoms with Gasteiger partial charge in [-0.25, -0.2) is 4.79 Å². The second kappa shape index (κ2) is 6.10. The number of methoxy groups -OCH3 is 1. The van der Waals surface area contributed by atoms with Crippen molar-refractivity contribution in [1.29, 1.82) is 0 Å². The topological polar surface area (TPSA) is 47.6 Å². The quantitative estimate of drug-likeness (QED) is 0.822. The van der Waals surface area contributed by atoms with Crippen molar-refractivity contribution in [2.24, 2.45) is 0 Å². The van der Waals surface area contributed by atoms with Crippen LogP contribution in [0.25, 0.3) is 0 Å². The van der Waals surface area contributed by atoms with E-state index in [2.05, 4.69) is 5.32 Å². The van der Waals surface area contributed by atoms with Gasteiger partial charge in [0.25, 0.3) is 0 Å². The van der Waals surface area contributed by atoms with Crippen molar-refractivity contribution >= 4 is 18.5 Å². The second-order valence-electron chi connectivity index (χ2n) is 2.29. The summed E-state index contributed by atoms with van der Waals surface area (Å²) in [5, 5.41) is 2.35. The fraction of sp³-hybridized carbons (Fsp3) is 0.222. The molecule has 4 nitrogen and oxygen atoms in total. The molecule has 0 saturated heterocycles. The largest absolute Gasteiger partial charge is 0.493 e. The Balaban J connectivity index is 0.00000169. The molecule has 0 aliphatic carbocycles. The van der Waals surface area contributed by atoms with Crippen molar-refractivity contribution in [1.82, 2.24) is 5.32 Å². The molecule has 1 amide bonds. The first-order valence-corrected chi connectivity index (χ1v) is 3.80. The molecule has 78 valence electrons. The summed E-state index contributed by atoms with van der Waals surface area (Å²) in [6.45, 7) is 0. The van der Waals surface area contributed by atoms with Crippen molar-refractivity contribution in [3.8, 4) is 11.5 Å². The Morgan fingerprint density at radius 1 is 1.29 bits per heavy atom. The lowest BCUT2D eigenvalue weighted by Gasteiger charge is -2.07. The Kier molecular flexibility index (Phi) is 5.48. The summed E-state index contributed by atoms with van der Waals surface area (Å²) in [4.78, 5) is 10.9. The number of carbonyl (C=O) groups is 1. The standard InChI is InChI=1S/C9H11NO3.ClH/c1-10-9(11)13-8-6-4-3-5-7(8)12-2;/h3-6H,1-2H3,(H,10,11);1H. The molecule has 0 unspecified atom stereocenters. The molecule has 1 N–H and O–H groups in total. The van der Waals surface area contributed by atoms with E-state index in [0.717, 1.165) is 0 Å². The Morgan fingerprint density at radius 2 is 1.86 bits per heavy atom. The van der Waals surface area contributed by atoms with Crippen molar-refractivity contribution in [2.75, 3.05) is 14.2 Å². The lowest BCUT2D eigenvalue weighted by Crippen LogP contribution is -2.22. The average Bonchev–Trinajstić information content (AvgIpc) is 2.18. The maximum atomic E-state index is 10.9. The SMILES string of the molecule is CNC(=O)Oc1ccccc1OC.Cl. The molecule has 0 bridgehead atoms. The molecule has 0 aromatic heterocycles. The van der Waals surface area contributed by atoms with E-state index in [1.807, 2.05) is 0 Å². The molecule has 0 fully saturated rings. The Bertz CT molecular complexity index is 304. The van der Waals surface area contributed by atoms with Crippen LogP contribution in [0, 0.1) is 0 Å². The van der Waals surface area contributed by atoms with E-state index in [4.69, 9.17) is 9.47 Å². The summed E-state index contributed by atoms with van der Waals surface area (Å²) in [5.74, 6) is 0.940. The number of halogens is 1. The van der Waals surface area contributed by atoms with Crippen LogP contribution in [0.5, 0.6) is 11.5 Å². The molecule has 5 heteroatoms. The van der Waals surface area contributed by atoms with E-state index in [0.29, 0.717) is 11.5 Å². The third-order valence-electron chi connectivity index (χ3n) is 1.48. The zero-order chi connectivity index (χ0) is 9.68. The van der Waals surface area contributed by atoms with Crippen molar-refractivity contribution in [2.45, 2.75) is 0 Å². The highest BCUT2D eigenvalue weighted by Gasteiger charge is 2.06. The Labute approximate surface area is 88.6 Å². The molecule has 0 radical (unpaired) electrons. The van der Waals surface area contributed by atoms with Crippen LogP contribution in [0.2, 0.25) is 0 Å². The summed E-state index contributed by atoms with van der Waals surface area (Å²) in [5.41, 5.74) is 0. The second-order valence-corrected chi connectivity index (χ2v) is 2.29. The van der Waals surface area contributed by atoms with Crippen LogP contribution in [-0.4, -0.2) is 20.3 Å². The fourth-order valence-electron chi connectivity index (χ4n) is 0.854. The van der Waals surface area contributed by atoms with E-state index < -0.39 is 6.09 Å². The molecule has 14 heavy (non-hydrogen) atoms. The van der Waals surface area contributed by atoms with Gasteiger partial charge in [0.15, 0.2) is 11.5 Å². The number of hydrogen-bond donors (Lipinski definition) is 1. The van der Waals surface area contributed by atoms with Gasteiger partial charge in [0.2, 0.25) is 0 Å². The molecule has 0 saturated carbocycles. The van der Waals surface area contributed by atoms with Gasteiger partial charge in [-0.2, -0.15) is 0 Å². The third-order valence-corrected chi connectivity index (χ3v) is 1.48. The zero-order valence-corrected chi connectivity index (χ0v) is 8.76. The van der Waals surface area contributed by atoms with Crippen molar-refractivity contribution < 1.29 is 14.3 Å². The lowest BCUT2D eigenvalue weighted by atomic mass is 10.3. The Morgan fingerprint density at radius 3 is 2.36 bits per heavy atom. The van der Waals surface area contributed by atoms with Crippen LogP contribution in [0.1, 0.15) is 0 Å². The number of rotatable bonds is 2. The number of benzene rings is 1. The third kappa shape index (κ3) is 3.14. The maximum absolute atomic E-state index is 10.9. The first kappa shape index (κ1) is 12.6. The predicted molar refractivity (Wildman–Crippen MR) is 55.3 cm³/mol. The minimum absolute atomic E-state index is 0. The monoisotopic (exact) mass is 217 g/mol. The zero-order valence-electron chi connectivity index (χ0n) is 7.94. The molecular formula is C9H12ClNO3. The summed E-state index contributed by atoms with van der Waals surface area (Å²) in [6.07, 6.45) is -0.510. The van der Waals surface area contributed by atoms with Crippen LogP contribution < -0.4 is 14.8 Å². The molecule has 0 spiro atoms. The van der Waals surface area contributed by atoms with Crippen LogP contribution in [0.15, 0.2) is 24.3 Å². The number of para-hydroxylation sites is 2. The smallest absolute Gasteiger partial charge is 0.412 e. The van der Waals surface area contributed by atoms with Crippen LogP contribution in [-0.2, 0) is 0 Å². The number of hydrogen-bond acceptors (Lipinski definition) is 3. The average molecular weight is 218 g/mol. The minimum atomic E-state index is -0.510. The van der Waals surface area contributed by atoms with Gasteiger partial charge in [-0.1, -0.05) is 12.1 Å². The molecule has 0 aliphatic heterocycles. The van der Waals surface area contributed by atoms with E-state index >= 15 is 0 Å². The first-order chi connectivity index (χ1) is 6.27. The van der Waals surface area contributed by atoms with Gasteiger partial charge in [-0.3, -0.25) is 0 Å². The van der Waals surface area contributed by atoms with Gasteiger partial charge in [0.1, 0.15) is 0 Å². The molecule has 1 aromatic carbocycles. The summed E-state index contributed by atoms with van der Waals surface area (Å²) in [6, 6.07) is 6.95. The van der Waals surface area contributed by atoms with Crippen LogP contribution in [0.4, 0.5) is 4.79 Å². The summed E-state index contributed by atoms with van der Waals surface area (Å²) in [7, 11) is 3.02. The Hall–Kier alpha value is -1.42. The lowest BCUT2D eigenvalue weighted by molar-refractivity contribution is 0.201. The highest BCUT2D eigenvalue weighted by molar-refractivity contribution is 5.85. The van der Waals surface area contributed by atoms with E-state index in [1.165, 1.54) is 14.2 Å². The van der Waals surface area contributed by atoms with Crippen molar-refractivity contribution in [3.05, 3.63) is 24.3 Å². The summed E-state index contributed by atoms with van der Waals surface area (Å²) >= 11 is 0. The highest BCUT2D eigenvalue weighted by atomic mass is 35.5. The van der Waals surface area contributed by atoms with Crippen molar-refractivity contribution in [3.63, 3.8) is 0 Å². The molecule has 0 atom stereocenters. The molecule has 0 heterocycles. The number of nitrogens with one attached hydrogen (secondary N) is 1. The molecule has 1 rings (SSSR count). The number of carbonyl (C=O) groups excluding carboxylic acids is 1. The van der Waals surface area contributed by atoms with Crippen LogP contribution >= 0.6 is 12.4 Å². The molecule has 0 aliphatic rings. The van der Waals surface area contributed by atoms with Gasteiger partial charge in [-0.05, 0) is 12.1 Å². The normalized spacial score (nSPS) is 8.43. The fourth-order valence-corrected chi connectivity index (χ4v) is 0.854. The van der Waals surface area contributed by atoms with E-state index in [9.17, 15) is 4.79 Å². The van der Waals surface area contributed by atoms with Gasteiger partial charge in [0.05, 0.1) is 7.11 Å².